The molecule has 0 saturated carbocycles. The molecular weight excluding hydrogens is 152 g/mol. The SMILES string of the molecule is CCOCCCN1CC[C@@H](N)C1. The van der Waals surface area contributed by atoms with Gasteiger partial charge in [0.05, 0.1) is 0 Å². The maximum atomic E-state index is 5.78. The lowest BCUT2D eigenvalue weighted by atomic mass is 10.3. The van der Waals surface area contributed by atoms with E-state index >= 15 is 0 Å². The van der Waals surface area contributed by atoms with Crippen molar-refractivity contribution >= 4 is 0 Å². The third-order valence-electron chi connectivity index (χ3n) is 2.28. The Bertz CT molecular complexity index is 119. The molecule has 72 valence electrons. The monoisotopic (exact) mass is 172 g/mol. The van der Waals surface area contributed by atoms with E-state index in [0.717, 1.165) is 39.1 Å². The van der Waals surface area contributed by atoms with Gasteiger partial charge in [-0.3, -0.25) is 0 Å². The molecule has 12 heavy (non-hydrogen) atoms. The van der Waals surface area contributed by atoms with E-state index in [0.29, 0.717) is 6.04 Å². The van der Waals surface area contributed by atoms with E-state index < -0.39 is 0 Å². The normalized spacial score (nSPS) is 25.0. The number of nitrogens with zero attached hydrogens (tertiary/aromatic N) is 1. The van der Waals surface area contributed by atoms with Gasteiger partial charge in [-0.2, -0.15) is 0 Å². The van der Waals surface area contributed by atoms with Gasteiger partial charge in [-0.25, -0.2) is 0 Å². The Hall–Kier alpha value is -0.120. The van der Waals surface area contributed by atoms with E-state index in [1.54, 1.807) is 0 Å². The molecule has 2 N–H and O–H groups in total. The van der Waals surface area contributed by atoms with Crippen molar-refractivity contribution in [3.05, 3.63) is 0 Å². The summed E-state index contributed by atoms with van der Waals surface area (Å²) in [5, 5.41) is 0. The van der Waals surface area contributed by atoms with Gasteiger partial charge in [-0.05, 0) is 26.3 Å². The summed E-state index contributed by atoms with van der Waals surface area (Å²) in [7, 11) is 0. The summed E-state index contributed by atoms with van der Waals surface area (Å²) in [6, 6.07) is 0.414. The Kier molecular flexibility index (Phi) is 4.58. The first-order valence-electron chi connectivity index (χ1n) is 4.88. The maximum Gasteiger partial charge on any atom is 0.0478 e. The van der Waals surface area contributed by atoms with Crippen LogP contribution in [0.15, 0.2) is 0 Å². The molecule has 1 atom stereocenters. The van der Waals surface area contributed by atoms with Crippen LogP contribution in [-0.4, -0.2) is 43.8 Å². The summed E-state index contributed by atoms with van der Waals surface area (Å²) in [5.74, 6) is 0. The molecule has 3 nitrogen and oxygen atoms in total. The molecule has 0 spiro atoms. The average Bonchev–Trinajstić information content (AvgIpc) is 2.45. The zero-order valence-corrected chi connectivity index (χ0v) is 7.96. The smallest absolute Gasteiger partial charge is 0.0478 e. The van der Waals surface area contributed by atoms with Gasteiger partial charge in [0.1, 0.15) is 0 Å². The molecule has 3 heteroatoms. The molecule has 0 unspecified atom stereocenters. The van der Waals surface area contributed by atoms with Crippen LogP contribution in [0.2, 0.25) is 0 Å². The van der Waals surface area contributed by atoms with Gasteiger partial charge in [0.2, 0.25) is 0 Å². The van der Waals surface area contributed by atoms with Gasteiger partial charge < -0.3 is 15.4 Å². The highest BCUT2D eigenvalue weighted by Crippen LogP contribution is 2.06. The largest absolute Gasteiger partial charge is 0.382 e. The second kappa shape index (κ2) is 5.51. The highest BCUT2D eigenvalue weighted by molar-refractivity contribution is 4.77. The Labute approximate surface area is 74.9 Å². The fourth-order valence-electron chi connectivity index (χ4n) is 1.60. The van der Waals surface area contributed by atoms with Crippen LogP contribution in [0.1, 0.15) is 19.8 Å². The van der Waals surface area contributed by atoms with Crippen LogP contribution in [0, 0.1) is 0 Å². The minimum atomic E-state index is 0.414. The standard InChI is InChI=1S/C9H20N2O/c1-2-12-7-3-5-11-6-4-9(10)8-11/h9H,2-8,10H2,1H3/t9-/m1/s1. The highest BCUT2D eigenvalue weighted by Gasteiger charge is 2.17. The number of hydrogen-bond acceptors (Lipinski definition) is 3. The molecule has 1 aliphatic rings. The quantitative estimate of drug-likeness (QED) is 0.612. The summed E-state index contributed by atoms with van der Waals surface area (Å²) in [6.45, 7) is 7.15. The first-order chi connectivity index (χ1) is 5.83. The molecule has 0 aromatic heterocycles. The first kappa shape index (κ1) is 9.96. The molecule has 1 heterocycles. The van der Waals surface area contributed by atoms with Crippen LogP contribution < -0.4 is 5.73 Å². The topological polar surface area (TPSA) is 38.5 Å². The summed E-state index contributed by atoms with van der Waals surface area (Å²) in [5.41, 5.74) is 5.78. The van der Waals surface area contributed by atoms with Crippen molar-refractivity contribution in [2.24, 2.45) is 5.73 Å². The van der Waals surface area contributed by atoms with Crippen LogP contribution >= 0.6 is 0 Å². The van der Waals surface area contributed by atoms with E-state index in [2.05, 4.69) is 4.90 Å². The summed E-state index contributed by atoms with van der Waals surface area (Å²) in [4.78, 5) is 2.42. The summed E-state index contributed by atoms with van der Waals surface area (Å²) in [6.07, 6.45) is 2.30. The van der Waals surface area contributed by atoms with Crippen LogP contribution in [0.25, 0.3) is 0 Å². The third kappa shape index (κ3) is 3.52. The molecule has 0 radical (unpaired) electrons. The molecule has 0 aromatic rings. The van der Waals surface area contributed by atoms with Gasteiger partial charge in [0.15, 0.2) is 0 Å². The lowest BCUT2D eigenvalue weighted by molar-refractivity contribution is 0.135. The van der Waals surface area contributed by atoms with Crippen molar-refractivity contribution in [1.82, 2.24) is 4.90 Å². The minimum Gasteiger partial charge on any atom is -0.382 e. The van der Waals surface area contributed by atoms with E-state index in [1.165, 1.54) is 6.54 Å². The van der Waals surface area contributed by atoms with Crippen LogP contribution in [0.3, 0.4) is 0 Å². The number of nitrogens with two attached hydrogens (primary N) is 1. The van der Waals surface area contributed by atoms with E-state index in [4.69, 9.17) is 10.5 Å². The predicted octanol–water partition coefficient (Wildman–Crippen LogP) is 0.446. The molecule has 1 rings (SSSR count). The van der Waals surface area contributed by atoms with Crippen molar-refractivity contribution < 1.29 is 4.74 Å². The Morgan fingerprint density at radius 1 is 1.58 bits per heavy atom. The van der Waals surface area contributed by atoms with E-state index in [1.807, 2.05) is 6.92 Å². The molecule has 0 amide bonds. The van der Waals surface area contributed by atoms with Crippen molar-refractivity contribution in [2.45, 2.75) is 25.8 Å². The third-order valence-corrected chi connectivity index (χ3v) is 2.28. The predicted molar refractivity (Wildman–Crippen MR) is 50.1 cm³/mol. The zero-order chi connectivity index (χ0) is 8.81. The number of likely N-dealkylation sites (tertiary alicyclic amines) is 1. The molecule has 1 aliphatic heterocycles. The maximum absolute atomic E-state index is 5.78. The fraction of sp³-hybridized carbons (Fsp3) is 1.00. The van der Waals surface area contributed by atoms with Crippen molar-refractivity contribution in [1.29, 1.82) is 0 Å². The van der Waals surface area contributed by atoms with Crippen LogP contribution in [0.5, 0.6) is 0 Å². The molecule has 0 bridgehead atoms. The summed E-state index contributed by atoms with van der Waals surface area (Å²) < 4.78 is 5.26. The zero-order valence-electron chi connectivity index (χ0n) is 7.96. The molecular formula is C9H20N2O. The van der Waals surface area contributed by atoms with Crippen molar-refractivity contribution in [2.75, 3.05) is 32.8 Å². The van der Waals surface area contributed by atoms with Crippen LogP contribution in [-0.2, 0) is 4.74 Å². The Morgan fingerprint density at radius 3 is 3.00 bits per heavy atom. The van der Waals surface area contributed by atoms with Crippen molar-refractivity contribution in [3.8, 4) is 0 Å². The molecule has 1 fully saturated rings. The Morgan fingerprint density at radius 2 is 2.42 bits per heavy atom. The summed E-state index contributed by atoms with van der Waals surface area (Å²) >= 11 is 0. The molecule has 0 aromatic carbocycles. The Balaban J connectivity index is 1.93. The minimum absolute atomic E-state index is 0.414. The van der Waals surface area contributed by atoms with Gasteiger partial charge in [0, 0.05) is 32.3 Å². The molecule has 1 saturated heterocycles. The fourth-order valence-corrected chi connectivity index (χ4v) is 1.60. The van der Waals surface area contributed by atoms with Gasteiger partial charge in [0.25, 0.3) is 0 Å². The lowest BCUT2D eigenvalue weighted by Crippen LogP contribution is -2.27. The van der Waals surface area contributed by atoms with E-state index in [9.17, 15) is 0 Å². The van der Waals surface area contributed by atoms with Gasteiger partial charge in [-0.1, -0.05) is 0 Å². The average molecular weight is 172 g/mol. The number of rotatable bonds is 5. The first-order valence-corrected chi connectivity index (χ1v) is 4.88. The second-order valence-corrected chi connectivity index (χ2v) is 3.40. The van der Waals surface area contributed by atoms with Crippen molar-refractivity contribution in [3.63, 3.8) is 0 Å². The van der Waals surface area contributed by atoms with Gasteiger partial charge in [-0.15, -0.1) is 0 Å². The number of hydrogen-bond donors (Lipinski definition) is 1. The molecule has 0 aliphatic carbocycles. The second-order valence-electron chi connectivity index (χ2n) is 3.40. The lowest BCUT2D eigenvalue weighted by Gasteiger charge is -2.14. The highest BCUT2D eigenvalue weighted by atomic mass is 16.5. The van der Waals surface area contributed by atoms with Gasteiger partial charge >= 0.3 is 0 Å². The number of ether oxygens (including phenoxy) is 1. The van der Waals surface area contributed by atoms with E-state index in [-0.39, 0.29) is 0 Å². The van der Waals surface area contributed by atoms with Crippen LogP contribution in [0.4, 0.5) is 0 Å².